The molecule has 0 spiro atoms. The molecule has 4 aromatic rings. The third-order valence-electron chi connectivity index (χ3n) is 7.24. The van der Waals surface area contributed by atoms with E-state index >= 15 is 0 Å². The predicted molar refractivity (Wildman–Crippen MR) is 165 cm³/mol. The summed E-state index contributed by atoms with van der Waals surface area (Å²) in [5.74, 6) is 0.545. The van der Waals surface area contributed by atoms with Crippen LogP contribution in [-0.4, -0.2) is 36.3 Å². The van der Waals surface area contributed by atoms with Gasteiger partial charge in [0, 0.05) is 67.9 Å². The number of hydrogen-bond acceptors (Lipinski definition) is 7. The molecule has 4 heterocycles. The Labute approximate surface area is 244 Å². The molecule has 1 atom stereocenters. The topological polar surface area (TPSA) is 70.2 Å². The molecule has 1 unspecified atom stereocenters. The van der Waals surface area contributed by atoms with Crippen molar-refractivity contribution >= 4 is 34.9 Å². The summed E-state index contributed by atoms with van der Waals surface area (Å²) in [6.07, 6.45) is 4.82. The summed E-state index contributed by atoms with van der Waals surface area (Å²) in [4.78, 5) is 27.1. The second-order valence-electron chi connectivity index (χ2n) is 10.8. The number of benzene rings is 2. The van der Waals surface area contributed by atoms with Crippen molar-refractivity contribution < 1.29 is 4.74 Å². The maximum atomic E-state index is 12.3. The third-order valence-corrected chi connectivity index (χ3v) is 9.83. The lowest BCUT2D eigenvalue weighted by Crippen LogP contribution is -2.37. The van der Waals surface area contributed by atoms with Gasteiger partial charge in [0.15, 0.2) is 0 Å². The van der Waals surface area contributed by atoms with Gasteiger partial charge in [-0.25, -0.2) is 0 Å². The number of anilines is 2. The molecular weight excluding hydrogens is 537 g/mol. The van der Waals surface area contributed by atoms with Gasteiger partial charge in [0.25, 0.3) is 0 Å². The Morgan fingerprint density at radius 1 is 1.00 bits per heavy atom. The van der Waals surface area contributed by atoms with Gasteiger partial charge in [-0.05, 0) is 55.2 Å². The number of nitrogens with zero attached hydrogens (tertiary/aromatic N) is 2. The highest BCUT2D eigenvalue weighted by molar-refractivity contribution is 8.05. The largest absolute Gasteiger partial charge is 0.378 e. The zero-order valence-corrected chi connectivity index (χ0v) is 24.7. The van der Waals surface area contributed by atoms with E-state index in [1.165, 1.54) is 25.1 Å². The average Bonchev–Trinajstić information content (AvgIpc) is 2.96. The van der Waals surface area contributed by atoms with E-state index in [1.54, 1.807) is 29.6 Å². The fraction of sp³-hybridized carbons (Fsp3) is 0.312. The molecule has 2 aliphatic heterocycles. The van der Waals surface area contributed by atoms with Crippen molar-refractivity contribution in [2.24, 2.45) is 5.92 Å². The smallest absolute Gasteiger partial charge is 0.250 e. The van der Waals surface area contributed by atoms with E-state index in [4.69, 9.17) is 9.72 Å². The molecule has 2 aromatic carbocycles. The van der Waals surface area contributed by atoms with Crippen LogP contribution in [0.5, 0.6) is 0 Å². The number of pyridine rings is 2. The van der Waals surface area contributed by atoms with Gasteiger partial charge in [0.05, 0.1) is 30.6 Å². The van der Waals surface area contributed by atoms with Gasteiger partial charge in [-0.2, -0.15) is 0 Å². The predicted octanol–water partition coefficient (Wildman–Crippen LogP) is 7.40. The molecule has 40 heavy (non-hydrogen) atoms. The molecule has 0 bridgehead atoms. The second kappa shape index (κ2) is 11.7. The Morgan fingerprint density at radius 2 is 1.85 bits per heavy atom. The first-order valence-corrected chi connectivity index (χ1v) is 15.5. The van der Waals surface area contributed by atoms with Crippen LogP contribution in [-0.2, 0) is 4.74 Å². The highest BCUT2D eigenvalue weighted by atomic mass is 32.2. The SMILES string of the molecule is Cc1ccc(C(CC(C)C)Nc2ccc3c(c2)Sc2cccc(-c4c[nH]c(=O)cc4N4CCOCC4)c2S3)nc1. The van der Waals surface area contributed by atoms with E-state index in [-0.39, 0.29) is 11.6 Å². The van der Waals surface area contributed by atoms with Gasteiger partial charge in [-0.3, -0.25) is 9.78 Å². The molecule has 2 aromatic heterocycles. The highest BCUT2D eigenvalue weighted by Gasteiger charge is 2.24. The minimum Gasteiger partial charge on any atom is -0.378 e. The minimum atomic E-state index is -0.0842. The Morgan fingerprint density at radius 3 is 2.62 bits per heavy atom. The summed E-state index contributed by atoms with van der Waals surface area (Å²) in [6, 6.07) is 19.3. The van der Waals surface area contributed by atoms with Crippen LogP contribution in [0.25, 0.3) is 11.1 Å². The van der Waals surface area contributed by atoms with Crippen LogP contribution >= 0.6 is 23.5 Å². The fourth-order valence-electron chi connectivity index (χ4n) is 5.26. The van der Waals surface area contributed by atoms with Crippen LogP contribution in [0.4, 0.5) is 11.4 Å². The van der Waals surface area contributed by atoms with Crippen molar-refractivity contribution in [1.29, 1.82) is 0 Å². The van der Waals surface area contributed by atoms with E-state index in [0.717, 1.165) is 47.7 Å². The number of fused-ring (bicyclic) bond motifs is 2. The Kier molecular flexibility index (Phi) is 7.91. The summed E-state index contributed by atoms with van der Waals surface area (Å²) in [6.45, 7) is 9.48. The maximum absolute atomic E-state index is 12.3. The van der Waals surface area contributed by atoms with E-state index in [2.05, 4.69) is 84.5 Å². The number of ether oxygens (including phenoxy) is 1. The molecule has 6 rings (SSSR count). The number of hydrogen-bond donors (Lipinski definition) is 2. The van der Waals surface area contributed by atoms with Crippen molar-refractivity contribution in [2.75, 3.05) is 36.5 Å². The first-order valence-electron chi connectivity index (χ1n) is 13.8. The van der Waals surface area contributed by atoms with Gasteiger partial charge >= 0.3 is 0 Å². The molecule has 206 valence electrons. The number of aromatic nitrogens is 2. The summed E-state index contributed by atoms with van der Waals surface area (Å²) in [5.41, 5.74) is 6.43. The van der Waals surface area contributed by atoms with Crippen LogP contribution in [0.3, 0.4) is 0 Å². The molecule has 0 radical (unpaired) electrons. The van der Waals surface area contributed by atoms with Crippen molar-refractivity contribution in [3.8, 4) is 11.1 Å². The number of aryl methyl sites for hydroxylation is 1. The molecule has 1 saturated heterocycles. The van der Waals surface area contributed by atoms with Gasteiger partial charge in [-0.15, -0.1) is 0 Å². The van der Waals surface area contributed by atoms with Gasteiger partial charge in [-0.1, -0.05) is 55.6 Å². The van der Waals surface area contributed by atoms with Crippen LogP contribution < -0.4 is 15.8 Å². The molecule has 0 amide bonds. The van der Waals surface area contributed by atoms with E-state index in [0.29, 0.717) is 19.1 Å². The lowest BCUT2D eigenvalue weighted by atomic mass is 10.00. The standard InChI is InChI=1S/C32H34N4O2S2/c1-20(2)15-26(25-9-7-21(3)18-33-25)35-22-8-10-28-30(16-22)39-29-6-4-5-23(32(29)40-28)24-19-34-31(37)17-27(24)36-11-13-38-14-12-36/h4-10,16-20,26,35H,11-15H2,1-3H3,(H,34,37). The molecule has 0 saturated carbocycles. The number of nitrogens with one attached hydrogen (secondary N) is 2. The Bertz CT molecular complexity index is 1560. The number of aromatic amines is 1. The lowest BCUT2D eigenvalue weighted by molar-refractivity contribution is 0.122. The average molecular weight is 571 g/mol. The van der Waals surface area contributed by atoms with Crippen molar-refractivity contribution in [2.45, 2.75) is 52.8 Å². The normalized spacial score (nSPS) is 15.4. The first-order chi connectivity index (χ1) is 19.4. The van der Waals surface area contributed by atoms with E-state index in [9.17, 15) is 4.79 Å². The third kappa shape index (κ3) is 5.80. The summed E-state index contributed by atoms with van der Waals surface area (Å²) in [5, 5.41) is 3.77. The molecule has 0 aliphatic carbocycles. The van der Waals surface area contributed by atoms with Gasteiger partial charge < -0.3 is 19.9 Å². The molecule has 8 heteroatoms. The first kappa shape index (κ1) is 27.0. The summed E-state index contributed by atoms with van der Waals surface area (Å²) < 4.78 is 5.57. The quantitative estimate of drug-likeness (QED) is 0.211. The number of H-pyrrole nitrogens is 1. The lowest BCUT2D eigenvalue weighted by Gasteiger charge is -2.31. The fourth-order valence-corrected chi connectivity index (χ4v) is 7.67. The molecule has 6 nitrogen and oxygen atoms in total. The second-order valence-corrected chi connectivity index (χ2v) is 12.9. The summed E-state index contributed by atoms with van der Waals surface area (Å²) >= 11 is 3.61. The zero-order chi connectivity index (χ0) is 27.6. The van der Waals surface area contributed by atoms with Crippen molar-refractivity contribution in [3.05, 3.63) is 88.6 Å². The number of rotatable bonds is 7. The molecule has 2 aliphatic rings. The molecule has 2 N–H and O–H groups in total. The van der Waals surface area contributed by atoms with Crippen LogP contribution in [0.15, 0.2) is 91.4 Å². The molecule has 1 fully saturated rings. The minimum absolute atomic E-state index is 0.0842. The summed E-state index contributed by atoms with van der Waals surface area (Å²) in [7, 11) is 0. The van der Waals surface area contributed by atoms with Crippen LogP contribution in [0.2, 0.25) is 0 Å². The number of morpholine rings is 1. The van der Waals surface area contributed by atoms with Crippen LogP contribution in [0, 0.1) is 12.8 Å². The van der Waals surface area contributed by atoms with Crippen molar-refractivity contribution in [3.63, 3.8) is 0 Å². The van der Waals surface area contributed by atoms with E-state index < -0.39 is 0 Å². The van der Waals surface area contributed by atoms with Gasteiger partial charge in [0.1, 0.15) is 0 Å². The Balaban J connectivity index is 1.30. The monoisotopic (exact) mass is 570 g/mol. The van der Waals surface area contributed by atoms with Crippen molar-refractivity contribution in [1.82, 2.24) is 9.97 Å². The highest BCUT2D eigenvalue weighted by Crippen LogP contribution is 2.53. The van der Waals surface area contributed by atoms with Gasteiger partial charge in [0.2, 0.25) is 5.56 Å². The van der Waals surface area contributed by atoms with E-state index in [1.807, 2.05) is 12.4 Å². The Hall–Kier alpha value is -3.20. The maximum Gasteiger partial charge on any atom is 0.250 e. The molecular formula is C32H34N4O2S2. The zero-order valence-electron chi connectivity index (χ0n) is 23.1. The van der Waals surface area contributed by atoms with Crippen LogP contribution in [0.1, 0.15) is 37.6 Å².